The van der Waals surface area contributed by atoms with Crippen molar-refractivity contribution in [3.63, 3.8) is 0 Å². The minimum atomic E-state index is -6.13. The zero-order valence-electron chi connectivity index (χ0n) is 36.8. The van der Waals surface area contributed by atoms with Crippen LogP contribution in [0.25, 0.3) is 0 Å². The van der Waals surface area contributed by atoms with Gasteiger partial charge < -0.3 is 0 Å². The van der Waals surface area contributed by atoms with E-state index in [1.165, 1.54) is 0 Å². The van der Waals surface area contributed by atoms with E-state index < -0.39 is 212 Å². The molecule has 0 spiro atoms. The summed E-state index contributed by atoms with van der Waals surface area (Å²) in [5.74, 6) is -0.475. The first-order valence-electron chi connectivity index (χ1n) is 20.4. The molecule has 76 heavy (non-hydrogen) atoms. The highest BCUT2D eigenvalue weighted by molar-refractivity contribution is 7.20. The number of carbonyl (C=O) groups excluding carboxylic acids is 1. The van der Waals surface area contributed by atoms with E-state index in [1.807, 2.05) is 34.9 Å². The summed E-state index contributed by atoms with van der Waals surface area (Å²) in [6.45, 7) is 0.0350. The molecule has 1 aromatic heterocycles. The van der Waals surface area contributed by atoms with E-state index in [0.717, 1.165) is 5.56 Å². The number of aromatic nitrogens is 1. The Morgan fingerprint density at radius 2 is 0.632 bits per heavy atom. The van der Waals surface area contributed by atoms with Gasteiger partial charge in [0.25, 0.3) is 6.54 Å². The number of hydrogen-bond acceptors (Lipinski definition) is 3. The Morgan fingerprint density at radius 3 is 0.842 bits per heavy atom. The second kappa shape index (κ2) is 20.7. The highest BCUT2D eigenvalue weighted by Crippen LogP contribution is 2.41. The molecule has 0 amide bonds. The quantitative estimate of drug-likeness (QED) is 0.0362. The van der Waals surface area contributed by atoms with Crippen LogP contribution in [0, 0.1) is 10.1 Å². The predicted octanol–water partition coefficient (Wildman–Crippen LogP) is 12.7. The standard InChI is InChI=1S/C32H12BF24.C14H13N2O3/c34-25(35,36)13-1-14(26(37,38)39)6-21(5-13)33(22-7-15(27(40,41)42)2-16(8-22)28(43,44)45,23-9-17(29(46,47)48)3-18(10-23)30(49,50)51)24-11-19(31(52,53)54)4-20(12-24)32(55,56)57;17-14(11-16(18)19)13-6-8-15(9-7-13)10-12-4-2-1-3-5-12/h1-12H;1-9H,10-11H2/q-1;+1. The largest absolute Gasteiger partial charge is 0.416 e. The fourth-order valence-electron chi connectivity index (χ4n) is 7.82. The molecule has 30 heteroatoms. The van der Waals surface area contributed by atoms with Crippen molar-refractivity contribution in [3.05, 3.63) is 193 Å². The lowest BCUT2D eigenvalue weighted by molar-refractivity contribution is -0.688. The predicted molar refractivity (Wildman–Crippen MR) is 218 cm³/mol. The van der Waals surface area contributed by atoms with Gasteiger partial charge in [-0.1, -0.05) is 78.9 Å². The van der Waals surface area contributed by atoms with Crippen molar-refractivity contribution >= 4 is 33.8 Å². The summed E-state index contributed by atoms with van der Waals surface area (Å²) in [4.78, 5) is 21.1. The number of carbonyl (C=O) groups is 1. The van der Waals surface area contributed by atoms with Crippen LogP contribution in [0.4, 0.5) is 105 Å². The van der Waals surface area contributed by atoms with E-state index in [-0.39, 0.29) is 0 Å². The molecule has 0 bridgehead atoms. The number of benzene rings is 5. The Kier molecular flexibility index (Phi) is 16.2. The molecule has 0 aliphatic carbocycles. The lowest BCUT2D eigenvalue weighted by atomic mass is 9.12. The molecule has 1 heterocycles. The summed E-state index contributed by atoms with van der Waals surface area (Å²) >= 11 is 0. The van der Waals surface area contributed by atoms with E-state index in [4.69, 9.17) is 0 Å². The van der Waals surface area contributed by atoms with Gasteiger partial charge >= 0.3 is 49.4 Å². The van der Waals surface area contributed by atoms with Gasteiger partial charge in [-0.25, -0.2) is 4.57 Å². The van der Waals surface area contributed by atoms with Crippen molar-refractivity contribution in [2.45, 2.75) is 56.0 Å². The average molecular weight is 1120 g/mol. The van der Waals surface area contributed by atoms with E-state index in [0.29, 0.717) is 12.1 Å². The molecule has 0 N–H and O–H groups in total. The molecule has 6 aromatic rings. The van der Waals surface area contributed by atoms with Crippen LogP contribution in [0.15, 0.2) is 128 Å². The Bertz CT molecular complexity index is 2640. The topological polar surface area (TPSA) is 64.1 Å². The summed E-state index contributed by atoms with van der Waals surface area (Å²) in [6, 6.07) is 4.31. The van der Waals surface area contributed by atoms with Crippen LogP contribution in [0.5, 0.6) is 0 Å². The smallest absolute Gasteiger partial charge is 0.287 e. The third kappa shape index (κ3) is 14.1. The fourth-order valence-corrected chi connectivity index (χ4v) is 7.82. The van der Waals surface area contributed by atoms with E-state index in [9.17, 15) is 120 Å². The number of halogens is 24. The van der Waals surface area contributed by atoms with Crippen molar-refractivity contribution in [1.82, 2.24) is 0 Å². The number of pyridine rings is 1. The minimum absolute atomic E-state index is 0.362. The lowest BCUT2D eigenvalue weighted by Gasteiger charge is -2.46. The Hall–Kier alpha value is -7.30. The van der Waals surface area contributed by atoms with Crippen LogP contribution in [0.2, 0.25) is 0 Å². The van der Waals surface area contributed by atoms with Crippen LogP contribution < -0.4 is 26.4 Å². The monoisotopic (exact) mass is 1120 g/mol. The fraction of sp³-hybridized carbons (Fsp3) is 0.217. The summed E-state index contributed by atoms with van der Waals surface area (Å²) in [7, 11) is 0. The second-order valence-corrected chi connectivity index (χ2v) is 16.4. The number of nitro groups is 1. The zero-order chi connectivity index (χ0) is 57.6. The van der Waals surface area contributed by atoms with Crippen molar-refractivity contribution in [1.29, 1.82) is 0 Å². The number of rotatable bonds is 9. The number of ketones is 1. The zero-order valence-corrected chi connectivity index (χ0v) is 36.8. The van der Waals surface area contributed by atoms with Crippen molar-refractivity contribution in [2.75, 3.05) is 6.54 Å². The third-order valence-electron chi connectivity index (χ3n) is 11.1. The second-order valence-electron chi connectivity index (χ2n) is 16.4. The molecule has 0 saturated carbocycles. The minimum Gasteiger partial charge on any atom is -0.287 e. The van der Waals surface area contributed by atoms with Gasteiger partial charge in [0.2, 0.25) is 5.78 Å². The molecule has 0 aliphatic rings. The SMILES string of the molecule is FC(F)(F)c1cc([B-](c2cc(C(F)(F)F)cc(C(F)(F)F)c2)(c2cc(C(F)(F)F)cc(C(F)(F)F)c2)c2cc(C(F)(F)F)cc(C(F)(F)F)c2)cc(C(F)(F)F)c1.O=C(C[N+](=O)[O-])c1cc[n+](Cc2ccccc2)cc1. The maximum atomic E-state index is 14.2. The highest BCUT2D eigenvalue weighted by atomic mass is 19.4. The molecular formula is C46H25BF24N2O3. The van der Waals surface area contributed by atoms with Crippen molar-refractivity contribution in [2.24, 2.45) is 0 Å². The highest BCUT2D eigenvalue weighted by Gasteiger charge is 2.47. The summed E-state index contributed by atoms with van der Waals surface area (Å²) in [6.07, 6.45) is -51.3. The van der Waals surface area contributed by atoms with Crippen LogP contribution in [-0.2, 0) is 56.0 Å². The van der Waals surface area contributed by atoms with E-state index in [1.54, 1.807) is 24.5 Å². The average Bonchev–Trinajstić information content (AvgIpc) is 3.27. The molecule has 5 aromatic carbocycles. The van der Waals surface area contributed by atoms with Gasteiger partial charge in [0.05, 0.1) is 44.5 Å². The normalized spacial score (nSPS) is 13.3. The van der Waals surface area contributed by atoms with Crippen LogP contribution in [0.1, 0.15) is 60.4 Å². The van der Waals surface area contributed by atoms with Crippen molar-refractivity contribution in [3.8, 4) is 0 Å². The first-order chi connectivity index (χ1) is 34.4. The Morgan fingerprint density at radius 1 is 0.395 bits per heavy atom. The van der Waals surface area contributed by atoms with Crippen LogP contribution in [-0.4, -0.2) is 23.4 Å². The van der Waals surface area contributed by atoms with Crippen LogP contribution in [0.3, 0.4) is 0 Å². The molecular weight excluding hydrogens is 1100 g/mol. The maximum absolute atomic E-state index is 14.2. The molecule has 0 fully saturated rings. The molecule has 0 radical (unpaired) electrons. The summed E-state index contributed by atoms with van der Waals surface area (Å²) in [5.41, 5.74) is -28.7. The number of alkyl halides is 24. The van der Waals surface area contributed by atoms with Gasteiger partial charge in [-0.2, -0.15) is 127 Å². The van der Waals surface area contributed by atoms with E-state index >= 15 is 0 Å². The molecule has 6 rings (SSSR count). The van der Waals surface area contributed by atoms with Gasteiger partial charge in [0.1, 0.15) is 6.15 Å². The number of Topliss-reactive ketones (excluding diaryl/α,β-unsaturated/α-hetero) is 1. The van der Waals surface area contributed by atoms with Gasteiger partial charge in [-0.15, -0.1) is 0 Å². The number of hydrogen-bond donors (Lipinski definition) is 0. The molecule has 0 unspecified atom stereocenters. The first-order valence-corrected chi connectivity index (χ1v) is 20.4. The van der Waals surface area contributed by atoms with Crippen LogP contribution >= 0.6 is 0 Å². The first kappa shape index (κ1) is 59.6. The van der Waals surface area contributed by atoms with Gasteiger partial charge in [-0.05, 0) is 24.3 Å². The van der Waals surface area contributed by atoms with Gasteiger partial charge in [0.15, 0.2) is 18.9 Å². The molecule has 408 valence electrons. The molecule has 0 atom stereocenters. The third-order valence-corrected chi connectivity index (χ3v) is 11.1. The lowest BCUT2D eigenvalue weighted by Crippen LogP contribution is -2.75. The Balaban J connectivity index is 0.000000468. The number of nitrogens with zero attached hydrogens (tertiary/aromatic N) is 2. The summed E-state index contributed by atoms with van der Waals surface area (Å²) < 4.78 is 343. The van der Waals surface area contributed by atoms with E-state index in [2.05, 4.69) is 0 Å². The molecule has 0 aliphatic heterocycles. The summed E-state index contributed by atoms with van der Waals surface area (Å²) in [5, 5.41) is 10.3. The van der Waals surface area contributed by atoms with Gasteiger partial charge in [-0.3, -0.25) is 14.9 Å². The van der Waals surface area contributed by atoms with Gasteiger partial charge in [0, 0.05) is 28.2 Å². The Labute approximate surface area is 409 Å². The van der Waals surface area contributed by atoms with Crippen molar-refractivity contribution < 1.29 is 120 Å². The molecule has 0 saturated heterocycles. The molecule has 5 nitrogen and oxygen atoms in total. The maximum Gasteiger partial charge on any atom is 0.416 e.